The van der Waals surface area contributed by atoms with Crippen molar-refractivity contribution in [3.8, 4) is 0 Å². The van der Waals surface area contributed by atoms with Crippen LogP contribution < -0.4 is 10.6 Å². The maximum absolute atomic E-state index is 13.5. The third kappa shape index (κ3) is 5.86. The summed E-state index contributed by atoms with van der Waals surface area (Å²) in [7, 11) is 0. The van der Waals surface area contributed by atoms with Crippen molar-refractivity contribution < 1.29 is 14.0 Å². The Balaban J connectivity index is 1.62. The number of aryl methyl sites for hydroxylation is 1. The van der Waals surface area contributed by atoms with E-state index >= 15 is 0 Å². The first-order chi connectivity index (χ1) is 15.3. The molecule has 0 saturated carbocycles. The van der Waals surface area contributed by atoms with E-state index in [1.54, 1.807) is 6.07 Å². The summed E-state index contributed by atoms with van der Waals surface area (Å²) in [4.78, 5) is 24.8. The SMILES string of the molecule is CCn1c(SCC(=O)Nc2ccc(Cl)c(F)c2)nnc1[C@@H](C)NC(=O)c1cccc(C)c1. The zero-order valence-electron chi connectivity index (χ0n) is 17.9. The van der Waals surface area contributed by atoms with Crippen molar-refractivity contribution in [1.29, 1.82) is 0 Å². The van der Waals surface area contributed by atoms with Crippen LogP contribution in [0.15, 0.2) is 47.6 Å². The van der Waals surface area contributed by atoms with Gasteiger partial charge in [-0.05, 0) is 51.1 Å². The van der Waals surface area contributed by atoms with Gasteiger partial charge in [-0.3, -0.25) is 9.59 Å². The second-order valence-electron chi connectivity index (χ2n) is 7.12. The van der Waals surface area contributed by atoms with Crippen LogP contribution in [0.1, 0.15) is 41.6 Å². The number of rotatable bonds is 8. The molecule has 2 N–H and O–H groups in total. The highest BCUT2D eigenvalue weighted by Gasteiger charge is 2.20. The molecule has 10 heteroatoms. The predicted octanol–water partition coefficient (Wildman–Crippen LogP) is 4.62. The number of halogens is 2. The molecule has 0 fully saturated rings. The highest BCUT2D eigenvalue weighted by molar-refractivity contribution is 7.99. The van der Waals surface area contributed by atoms with Crippen molar-refractivity contribution in [2.45, 2.75) is 38.5 Å². The number of benzene rings is 2. The van der Waals surface area contributed by atoms with E-state index in [2.05, 4.69) is 20.8 Å². The van der Waals surface area contributed by atoms with E-state index in [-0.39, 0.29) is 28.6 Å². The lowest BCUT2D eigenvalue weighted by Gasteiger charge is -2.15. The van der Waals surface area contributed by atoms with Gasteiger partial charge in [0.05, 0.1) is 16.8 Å². The molecule has 2 aromatic carbocycles. The molecule has 0 aliphatic carbocycles. The first-order valence-corrected chi connectivity index (χ1v) is 11.3. The van der Waals surface area contributed by atoms with E-state index in [9.17, 15) is 14.0 Å². The number of nitrogens with zero attached hydrogens (tertiary/aromatic N) is 3. The second kappa shape index (κ2) is 10.6. The number of carbonyl (C=O) groups excluding carboxylic acids is 2. The van der Waals surface area contributed by atoms with E-state index in [0.29, 0.717) is 28.8 Å². The van der Waals surface area contributed by atoms with Crippen LogP contribution in [0.4, 0.5) is 10.1 Å². The highest BCUT2D eigenvalue weighted by atomic mass is 35.5. The van der Waals surface area contributed by atoms with Gasteiger partial charge in [0.2, 0.25) is 5.91 Å². The number of amides is 2. The molecule has 0 spiro atoms. The summed E-state index contributed by atoms with van der Waals surface area (Å²) < 4.78 is 15.4. The van der Waals surface area contributed by atoms with Crippen LogP contribution in [-0.2, 0) is 11.3 Å². The summed E-state index contributed by atoms with van der Waals surface area (Å²) in [5.41, 5.74) is 1.90. The molecule has 2 amide bonds. The fraction of sp³-hybridized carbons (Fsp3) is 0.273. The minimum atomic E-state index is -0.603. The normalized spacial score (nSPS) is 11.8. The molecule has 1 aromatic heterocycles. The molecule has 3 aromatic rings. The molecule has 0 bridgehead atoms. The summed E-state index contributed by atoms with van der Waals surface area (Å²) >= 11 is 6.86. The minimum absolute atomic E-state index is 0.00967. The average Bonchev–Trinajstić information content (AvgIpc) is 3.18. The number of anilines is 1. The number of hydrogen-bond donors (Lipinski definition) is 2. The Morgan fingerprint density at radius 2 is 2.00 bits per heavy atom. The van der Waals surface area contributed by atoms with Crippen molar-refractivity contribution in [2.75, 3.05) is 11.1 Å². The Kier molecular flexibility index (Phi) is 7.87. The molecule has 0 saturated heterocycles. The molecule has 0 unspecified atom stereocenters. The lowest BCUT2D eigenvalue weighted by atomic mass is 10.1. The van der Waals surface area contributed by atoms with Gasteiger partial charge in [0, 0.05) is 17.8 Å². The van der Waals surface area contributed by atoms with E-state index in [0.717, 1.165) is 11.6 Å². The summed E-state index contributed by atoms with van der Waals surface area (Å²) in [6.07, 6.45) is 0. The van der Waals surface area contributed by atoms with Gasteiger partial charge in [-0.2, -0.15) is 0 Å². The van der Waals surface area contributed by atoms with Crippen LogP contribution in [0.3, 0.4) is 0 Å². The van der Waals surface area contributed by atoms with E-state index in [4.69, 9.17) is 11.6 Å². The number of nitrogens with one attached hydrogen (secondary N) is 2. The van der Waals surface area contributed by atoms with Crippen LogP contribution in [0.25, 0.3) is 0 Å². The molecule has 7 nitrogen and oxygen atoms in total. The molecule has 0 radical (unpaired) electrons. The Bertz CT molecular complexity index is 1140. The molecule has 168 valence electrons. The molecule has 1 heterocycles. The summed E-state index contributed by atoms with van der Waals surface area (Å²) in [6.45, 7) is 6.26. The molecular weight excluding hydrogens is 453 g/mol. The van der Waals surface area contributed by atoms with Gasteiger partial charge in [-0.1, -0.05) is 41.1 Å². The van der Waals surface area contributed by atoms with Gasteiger partial charge in [0.1, 0.15) is 5.82 Å². The topological polar surface area (TPSA) is 88.9 Å². The van der Waals surface area contributed by atoms with Crippen molar-refractivity contribution in [3.05, 3.63) is 70.3 Å². The van der Waals surface area contributed by atoms with Gasteiger partial charge < -0.3 is 15.2 Å². The second-order valence-corrected chi connectivity index (χ2v) is 8.47. The minimum Gasteiger partial charge on any atom is -0.342 e. The Hall–Kier alpha value is -2.91. The third-order valence-electron chi connectivity index (χ3n) is 4.61. The first-order valence-electron chi connectivity index (χ1n) is 9.96. The zero-order valence-corrected chi connectivity index (χ0v) is 19.4. The monoisotopic (exact) mass is 475 g/mol. The number of aromatic nitrogens is 3. The van der Waals surface area contributed by atoms with Gasteiger partial charge >= 0.3 is 0 Å². The van der Waals surface area contributed by atoms with Gasteiger partial charge in [-0.15, -0.1) is 10.2 Å². The van der Waals surface area contributed by atoms with E-state index in [1.807, 2.05) is 43.5 Å². The molecule has 3 rings (SSSR count). The third-order valence-corrected chi connectivity index (χ3v) is 5.89. The van der Waals surface area contributed by atoms with Crippen molar-refractivity contribution in [3.63, 3.8) is 0 Å². The fourth-order valence-corrected chi connectivity index (χ4v) is 3.98. The molecule has 1 atom stereocenters. The highest BCUT2D eigenvalue weighted by Crippen LogP contribution is 2.22. The lowest BCUT2D eigenvalue weighted by Crippen LogP contribution is -2.28. The van der Waals surface area contributed by atoms with E-state index < -0.39 is 5.82 Å². The van der Waals surface area contributed by atoms with Gasteiger partial charge in [0.25, 0.3) is 5.91 Å². The van der Waals surface area contributed by atoms with Gasteiger partial charge in [0.15, 0.2) is 11.0 Å². The quantitative estimate of drug-likeness (QED) is 0.464. The van der Waals surface area contributed by atoms with E-state index in [1.165, 1.54) is 23.9 Å². The molecule has 0 aliphatic rings. The zero-order chi connectivity index (χ0) is 23.3. The largest absolute Gasteiger partial charge is 0.342 e. The summed E-state index contributed by atoms with van der Waals surface area (Å²) in [5, 5.41) is 14.5. The standard InChI is InChI=1S/C22H23ClFN5O2S/c1-4-29-20(14(3)25-21(31)15-7-5-6-13(2)10-15)27-28-22(29)32-12-19(30)26-16-8-9-17(23)18(24)11-16/h5-11,14H,4,12H2,1-3H3,(H,25,31)(H,26,30)/t14-/m1/s1. The van der Waals surface area contributed by atoms with Crippen LogP contribution in [0.2, 0.25) is 5.02 Å². The average molecular weight is 476 g/mol. The van der Waals surface area contributed by atoms with Crippen molar-refractivity contribution in [1.82, 2.24) is 20.1 Å². The van der Waals surface area contributed by atoms with Gasteiger partial charge in [-0.25, -0.2) is 4.39 Å². The molecular formula is C22H23ClFN5O2S. The number of carbonyl (C=O) groups is 2. The van der Waals surface area contributed by atoms with Crippen molar-refractivity contribution in [2.24, 2.45) is 0 Å². The maximum atomic E-state index is 13.5. The molecule has 0 aliphatic heterocycles. The number of hydrogen-bond acceptors (Lipinski definition) is 5. The first kappa shape index (κ1) is 23.7. The molecule has 32 heavy (non-hydrogen) atoms. The summed E-state index contributed by atoms with van der Waals surface area (Å²) in [6, 6.07) is 11.0. The smallest absolute Gasteiger partial charge is 0.251 e. The Morgan fingerprint density at radius 3 is 2.69 bits per heavy atom. The fourth-order valence-electron chi connectivity index (χ4n) is 3.06. The van der Waals surface area contributed by atoms with Crippen LogP contribution >= 0.6 is 23.4 Å². The Labute approximate surface area is 194 Å². The Morgan fingerprint density at radius 1 is 1.22 bits per heavy atom. The van der Waals surface area contributed by atoms with Crippen LogP contribution in [-0.4, -0.2) is 32.3 Å². The van der Waals surface area contributed by atoms with Crippen LogP contribution in [0, 0.1) is 12.7 Å². The summed E-state index contributed by atoms with van der Waals surface area (Å²) in [5.74, 6) is -0.461. The lowest BCUT2D eigenvalue weighted by molar-refractivity contribution is -0.113. The predicted molar refractivity (Wildman–Crippen MR) is 124 cm³/mol. The van der Waals surface area contributed by atoms with Crippen molar-refractivity contribution >= 4 is 40.9 Å². The maximum Gasteiger partial charge on any atom is 0.251 e. The van der Waals surface area contributed by atoms with Crippen LogP contribution in [0.5, 0.6) is 0 Å². The number of thioether (sulfide) groups is 1.